The summed E-state index contributed by atoms with van der Waals surface area (Å²) >= 11 is 0. The average Bonchev–Trinajstić information content (AvgIpc) is 3.12. The number of nitrogens with zero attached hydrogens (tertiary/aromatic N) is 2. The van der Waals surface area contributed by atoms with Crippen LogP contribution in [-0.4, -0.2) is 28.7 Å². The smallest absolute Gasteiger partial charge is 0.258 e. The van der Waals surface area contributed by atoms with Crippen LogP contribution in [0.15, 0.2) is 67.0 Å². The van der Waals surface area contributed by atoms with Crippen LogP contribution in [0.4, 0.5) is 0 Å². The molecule has 27 heavy (non-hydrogen) atoms. The molecule has 3 rings (SSSR count). The SMILES string of the molecule is CCOc1ccc(OCC(=O)NC(c2ccccc2)c2nccn2C)cc1. The summed E-state index contributed by atoms with van der Waals surface area (Å²) in [6.45, 7) is 2.46. The third-order valence-corrected chi connectivity index (χ3v) is 4.06. The number of rotatable bonds is 8. The third-order valence-electron chi connectivity index (χ3n) is 4.06. The van der Waals surface area contributed by atoms with Crippen molar-refractivity contribution >= 4 is 5.91 Å². The molecule has 0 aliphatic rings. The molecule has 0 radical (unpaired) electrons. The van der Waals surface area contributed by atoms with Gasteiger partial charge in [0.25, 0.3) is 5.91 Å². The number of carbonyl (C=O) groups excluding carboxylic acids is 1. The number of carbonyl (C=O) groups is 1. The molecule has 1 aromatic heterocycles. The average molecular weight is 365 g/mol. The van der Waals surface area contributed by atoms with Crippen LogP contribution in [0.3, 0.4) is 0 Å². The van der Waals surface area contributed by atoms with Gasteiger partial charge in [-0.25, -0.2) is 4.98 Å². The zero-order chi connectivity index (χ0) is 19.1. The van der Waals surface area contributed by atoms with Crippen LogP contribution < -0.4 is 14.8 Å². The van der Waals surface area contributed by atoms with E-state index in [0.29, 0.717) is 12.4 Å². The van der Waals surface area contributed by atoms with Gasteiger partial charge in [0.05, 0.1) is 6.61 Å². The Morgan fingerprint density at radius 1 is 1.07 bits per heavy atom. The molecule has 0 aliphatic carbocycles. The molecule has 1 atom stereocenters. The van der Waals surface area contributed by atoms with E-state index in [4.69, 9.17) is 9.47 Å². The van der Waals surface area contributed by atoms with E-state index in [0.717, 1.165) is 17.1 Å². The van der Waals surface area contributed by atoms with Crippen molar-refractivity contribution < 1.29 is 14.3 Å². The summed E-state index contributed by atoms with van der Waals surface area (Å²) in [5.74, 6) is 1.92. The summed E-state index contributed by atoms with van der Waals surface area (Å²) in [6, 6.07) is 16.6. The first-order chi connectivity index (χ1) is 13.2. The number of hydrogen-bond donors (Lipinski definition) is 1. The lowest BCUT2D eigenvalue weighted by molar-refractivity contribution is -0.123. The topological polar surface area (TPSA) is 65.4 Å². The minimum absolute atomic E-state index is 0.0816. The van der Waals surface area contributed by atoms with Gasteiger partial charge < -0.3 is 19.4 Å². The predicted octanol–water partition coefficient (Wildman–Crippen LogP) is 3.10. The van der Waals surface area contributed by atoms with Gasteiger partial charge >= 0.3 is 0 Å². The zero-order valence-electron chi connectivity index (χ0n) is 15.5. The Kier molecular flexibility index (Phi) is 6.10. The maximum Gasteiger partial charge on any atom is 0.258 e. The highest BCUT2D eigenvalue weighted by Crippen LogP contribution is 2.20. The quantitative estimate of drug-likeness (QED) is 0.666. The van der Waals surface area contributed by atoms with E-state index in [9.17, 15) is 4.79 Å². The maximum atomic E-state index is 12.5. The normalized spacial score (nSPS) is 11.6. The predicted molar refractivity (Wildman–Crippen MR) is 103 cm³/mol. The summed E-state index contributed by atoms with van der Waals surface area (Å²) in [5, 5.41) is 3.01. The highest BCUT2D eigenvalue weighted by molar-refractivity contribution is 5.78. The second-order valence-electron chi connectivity index (χ2n) is 6.00. The molecule has 140 valence electrons. The number of nitrogens with one attached hydrogen (secondary N) is 1. The van der Waals surface area contributed by atoms with E-state index in [2.05, 4.69) is 10.3 Å². The molecule has 0 saturated heterocycles. The zero-order valence-corrected chi connectivity index (χ0v) is 15.5. The van der Waals surface area contributed by atoms with Crippen molar-refractivity contribution in [3.8, 4) is 11.5 Å². The fraction of sp³-hybridized carbons (Fsp3) is 0.238. The molecule has 3 aromatic rings. The Morgan fingerprint density at radius 2 is 1.74 bits per heavy atom. The second kappa shape index (κ2) is 8.89. The molecule has 6 heteroatoms. The van der Waals surface area contributed by atoms with Gasteiger partial charge in [0.15, 0.2) is 6.61 Å². The lowest BCUT2D eigenvalue weighted by Gasteiger charge is -2.19. The molecule has 1 amide bonds. The molecule has 6 nitrogen and oxygen atoms in total. The Labute approximate surface area is 158 Å². The fourth-order valence-corrected chi connectivity index (χ4v) is 2.75. The van der Waals surface area contributed by atoms with Gasteiger partial charge in [0.1, 0.15) is 23.4 Å². The van der Waals surface area contributed by atoms with E-state index in [-0.39, 0.29) is 18.6 Å². The number of imidazole rings is 1. The summed E-state index contributed by atoms with van der Waals surface area (Å²) in [4.78, 5) is 16.9. The number of aryl methyl sites for hydroxylation is 1. The summed E-state index contributed by atoms with van der Waals surface area (Å²) in [5.41, 5.74) is 0.959. The lowest BCUT2D eigenvalue weighted by Crippen LogP contribution is -2.34. The Bertz CT molecular complexity index is 860. The summed E-state index contributed by atoms with van der Waals surface area (Å²) in [6.07, 6.45) is 3.57. The van der Waals surface area contributed by atoms with Crippen LogP contribution in [0.2, 0.25) is 0 Å². The van der Waals surface area contributed by atoms with Crippen molar-refractivity contribution in [1.82, 2.24) is 14.9 Å². The van der Waals surface area contributed by atoms with Crippen LogP contribution >= 0.6 is 0 Å². The highest BCUT2D eigenvalue weighted by Gasteiger charge is 2.20. The Morgan fingerprint density at radius 3 is 2.33 bits per heavy atom. The first-order valence-corrected chi connectivity index (χ1v) is 8.84. The van der Waals surface area contributed by atoms with Crippen LogP contribution in [0.5, 0.6) is 11.5 Å². The van der Waals surface area contributed by atoms with Gasteiger partial charge in [-0.05, 0) is 36.8 Å². The van der Waals surface area contributed by atoms with Crippen molar-refractivity contribution in [3.63, 3.8) is 0 Å². The first-order valence-electron chi connectivity index (χ1n) is 8.84. The van der Waals surface area contributed by atoms with Crippen molar-refractivity contribution in [2.45, 2.75) is 13.0 Å². The standard InChI is InChI=1S/C21H23N3O3/c1-3-26-17-9-11-18(12-10-17)27-15-19(25)23-20(16-7-5-4-6-8-16)21-22-13-14-24(21)2/h4-14,20H,3,15H2,1-2H3,(H,23,25). The van der Waals surface area contributed by atoms with Crippen molar-refractivity contribution in [2.75, 3.05) is 13.2 Å². The fourth-order valence-electron chi connectivity index (χ4n) is 2.75. The van der Waals surface area contributed by atoms with Gasteiger partial charge in [0.2, 0.25) is 0 Å². The number of amides is 1. The van der Waals surface area contributed by atoms with E-state index in [1.807, 2.05) is 67.2 Å². The second-order valence-corrected chi connectivity index (χ2v) is 6.00. The van der Waals surface area contributed by atoms with Crippen molar-refractivity contribution in [3.05, 3.63) is 78.4 Å². The third kappa shape index (κ3) is 4.88. The molecule has 0 aliphatic heterocycles. The molecule has 1 heterocycles. The minimum Gasteiger partial charge on any atom is -0.494 e. The van der Waals surface area contributed by atoms with Gasteiger partial charge in [-0.1, -0.05) is 30.3 Å². The molecule has 1 unspecified atom stereocenters. The van der Waals surface area contributed by atoms with Crippen molar-refractivity contribution in [2.24, 2.45) is 7.05 Å². The molecular formula is C21H23N3O3. The Hall–Kier alpha value is -3.28. The molecule has 0 fully saturated rings. The summed E-state index contributed by atoms with van der Waals surface area (Å²) in [7, 11) is 1.90. The van der Waals surface area contributed by atoms with Crippen LogP contribution in [0, 0.1) is 0 Å². The van der Waals surface area contributed by atoms with E-state index in [1.54, 1.807) is 18.3 Å². The van der Waals surface area contributed by atoms with Crippen LogP contribution in [0.1, 0.15) is 24.4 Å². The van der Waals surface area contributed by atoms with Gasteiger partial charge in [0, 0.05) is 19.4 Å². The van der Waals surface area contributed by atoms with E-state index in [1.165, 1.54) is 0 Å². The first kappa shape index (κ1) is 18.5. The molecule has 2 aromatic carbocycles. The number of ether oxygens (including phenoxy) is 2. The van der Waals surface area contributed by atoms with Gasteiger partial charge in [-0.15, -0.1) is 0 Å². The number of aromatic nitrogens is 2. The van der Waals surface area contributed by atoms with Crippen LogP contribution in [-0.2, 0) is 11.8 Å². The Balaban J connectivity index is 1.65. The van der Waals surface area contributed by atoms with Crippen molar-refractivity contribution in [1.29, 1.82) is 0 Å². The largest absolute Gasteiger partial charge is 0.494 e. The molecule has 0 saturated carbocycles. The number of hydrogen-bond acceptors (Lipinski definition) is 4. The summed E-state index contributed by atoms with van der Waals surface area (Å²) < 4.78 is 12.9. The molecule has 0 spiro atoms. The molecule has 0 bridgehead atoms. The minimum atomic E-state index is -0.345. The van der Waals surface area contributed by atoms with Crippen LogP contribution in [0.25, 0.3) is 0 Å². The maximum absolute atomic E-state index is 12.5. The van der Waals surface area contributed by atoms with Gasteiger partial charge in [-0.3, -0.25) is 4.79 Å². The highest BCUT2D eigenvalue weighted by atomic mass is 16.5. The van der Waals surface area contributed by atoms with E-state index >= 15 is 0 Å². The molecule has 1 N–H and O–H groups in total. The monoisotopic (exact) mass is 365 g/mol. The lowest BCUT2D eigenvalue weighted by atomic mass is 10.1. The number of benzene rings is 2. The molecular weight excluding hydrogens is 342 g/mol. The van der Waals surface area contributed by atoms with E-state index < -0.39 is 0 Å². The van der Waals surface area contributed by atoms with Gasteiger partial charge in [-0.2, -0.15) is 0 Å².